The van der Waals surface area contributed by atoms with Crippen LogP contribution in [0.4, 0.5) is 4.39 Å². The normalized spacial score (nSPS) is 17.6. The van der Waals surface area contributed by atoms with E-state index in [1.54, 1.807) is 12.1 Å². The van der Waals surface area contributed by atoms with Crippen molar-refractivity contribution in [3.63, 3.8) is 0 Å². The Bertz CT molecular complexity index is 408. The van der Waals surface area contributed by atoms with E-state index < -0.39 is 0 Å². The molecule has 1 fully saturated rings. The standard InChI is InChI=1S/C14H20BrFN2O/c1-19-14-3-2-12(10-13(14)16)11-18-8-6-17(5-4-15)7-9-18/h2-3,10H,4-9,11H2,1H3. The molecular formula is C14H20BrFN2O. The predicted molar refractivity (Wildman–Crippen MR) is 78.5 cm³/mol. The Morgan fingerprint density at radius 3 is 2.47 bits per heavy atom. The van der Waals surface area contributed by atoms with Crippen LogP contribution in [0, 0.1) is 5.82 Å². The molecule has 3 nitrogen and oxygen atoms in total. The predicted octanol–water partition coefficient (Wildman–Crippen LogP) is 2.35. The van der Waals surface area contributed by atoms with Crippen LogP contribution >= 0.6 is 15.9 Å². The highest BCUT2D eigenvalue weighted by Gasteiger charge is 2.16. The first-order valence-corrected chi connectivity index (χ1v) is 7.68. The van der Waals surface area contributed by atoms with E-state index in [1.807, 2.05) is 6.07 Å². The Balaban J connectivity index is 1.87. The molecule has 0 aliphatic carbocycles. The molecule has 1 aliphatic rings. The average molecular weight is 331 g/mol. The molecule has 0 spiro atoms. The van der Waals surface area contributed by atoms with Gasteiger partial charge in [-0.3, -0.25) is 9.80 Å². The topological polar surface area (TPSA) is 15.7 Å². The van der Waals surface area contributed by atoms with E-state index in [4.69, 9.17) is 4.74 Å². The second-order valence-electron chi connectivity index (χ2n) is 4.78. The van der Waals surface area contributed by atoms with Crippen molar-refractivity contribution < 1.29 is 9.13 Å². The summed E-state index contributed by atoms with van der Waals surface area (Å²) in [7, 11) is 1.49. The number of nitrogens with zero attached hydrogens (tertiary/aromatic N) is 2. The first-order valence-electron chi connectivity index (χ1n) is 6.56. The molecule has 0 bridgehead atoms. The number of rotatable bonds is 5. The van der Waals surface area contributed by atoms with Crippen molar-refractivity contribution in [2.75, 3.05) is 45.2 Å². The summed E-state index contributed by atoms with van der Waals surface area (Å²) in [4.78, 5) is 4.81. The Labute approximate surface area is 122 Å². The van der Waals surface area contributed by atoms with E-state index in [9.17, 15) is 4.39 Å². The first kappa shape index (κ1) is 14.8. The molecule has 19 heavy (non-hydrogen) atoms. The maximum absolute atomic E-state index is 13.6. The second-order valence-corrected chi connectivity index (χ2v) is 5.57. The Hall–Kier alpha value is -0.650. The van der Waals surface area contributed by atoms with Crippen LogP contribution in [0.3, 0.4) is 0 Å². The van der Waals surface area contributed by atoms with Crippen LogP contribution in [-0.4, -0.2) is 55.0 Å². The summed E-state index contributed by atoms with van der Waals surface area (Å²) < 4.78 is 18.5. The van der Waals surface area contributed by atoms with Gasteiger partial charge in [0.25, 0.3) is 0 Å². The van der Waals surface area contributed by atoms with Crippen LogP contribution in [0.1, 0.15) is 5.56 Å². The van der Waals surface area contributed by atoms with E-state index in [-0.39, 0.29) is 5.82 Å². The maximum Gasteiger partial charge on any atom is 0.165 e. The van der Waals surface area contributed by atoms with Gasteiger partial charge in [0.05, 0.1) is 7.11 Å². The summed E-state index contributed by atoms with van der Waals surface area (Å²) in [6.07, 6.45) is 0. The van der Waals surface area contributed by atoms with Crippen molar-refractivity contribution in [1.29, 1.82) is 0 Å². The summed E-state index contributed by atoms with van der Waals surface area (Å²) in [6.45, 7) is 6.17. The van der Waals surface area contributed by atoms with Gasteiger partial charge >= 0.3 is 0 Å². The molecule has 0 radical (unpaired) electrons. The lowest BCUT2D eigenvalue weighted by Gasteiger charge is -2.34. The summed E-state index contributed by atoms with van der Waals surface area (Å²) >= 11 is 3.47. The largest absolute Gasteiger partial charge is 0.494 e. The first-order chi connectivity index (χ1) is 9.22. The van der Waals surface area contributed by atoms with Crippen molar-refractivity contribution >= 4 is 15.9 Å². The van der Waals surface area contributed by atoms with Gasteiger partial charge in [-0.25, -0.2) is 4.39 Å². The average Bonchev–Trinajstić information content (AvgIpc) is 2.42. The van der Waals surface area contributed by atoms with Crippen LogP contribution in [0.5, 0.6) is 5.75 Å². The number of halogens is 2. The highest BCUT2D eigenvalue weighted by Crippen LogP contribution is 2.19. The van der Waals surface area contributed by atoms with Gasteiger partial charge < -0.3 is 4.74 Å². The minimum atomic E-state index is -0.280. The number of methoxy groups -OCH3 is 1. The number of benzene rings is 1. The van der Waals surface area contributed by atoms with Crippen molar-refractivity contribution in [2.45, 2.75) is 6.54 Å². The molecule has 1 heterocycles. The minimum Gasteiger partial charge on any atom is -0.494 e. The molecule has 1 aromatic rings. The quantitative estimate of drug-likeness (QED) is 0.771. The van der Waals surface area contributed by atoms with Crippen molar-refractivity contribution in [1.82, 2.24) is 9.80 Å². The van der Waals surface area contributed by atoms with Crippen molar-refractivity contribution in [3.8, 4) is 5.75 Å². The molecule has 0 unspecified atom stereocenters. The van der Waals surface area contributed by atoms with Crippen LogP contribution in [-0.2, 0) is 6.54 Å². The fourth-order valence-corrected chi connectivity index (χ4v) is 2.86. The number of piperazine rings is 1. The lowest BCUT2D eigenvalue weighted by molar-refractivity contribution is 0.133. The third kappa shape index (κ3) is 4.16. The van der Waals surface area contributed by atoms with Gasteiger partial charge in [-0.1, -0.05) is 22.0 Å². The third-order valence-corrected chi connectivity index (χ3v) is 3.84. The molecule has 0 amide bonds. The van der Waals surface area contributed by atoms with Crippen LogP contribution < -0.4 is 4.74 Å². The third-order valence-electron chi connectivity index (χ3n) is 3.49. The van der Waals surface area contributed by atoms with E-state index in [2.05, 4.69) is 25.7 Å². The Morgan fingerprint density at radius 2 is 1.89 bits per heavy atom. The summed E-state index contributed by atoms with van der Waals surface area (Å²) in [6, 6.07) is 5.21. The number of ether oxygens (including phenoxy) is 1. The summed E-state index contributed by atoms with van der Waals surface area (Å²) in [5, 5.41) is 1.02. The van der Waals surface area contributed by atoms with Gasteiger partial charge in [-0.15, -0.1) is 0 Å². The van der Waals surface area contributed by atoms with Crippen molar-refractivity contribution in [2.24, 2.45) is 0 Å². The van der Waals surface area contributed by atoms with Crippen LogP contribution in [0.15, 0.2) is 18.2 Å². The smallest absolute Gasteiger partial charge is 0.165 e. The molecule has 5 heteroatoms. The van der Waals surface area contributed by atoms with Gasteiger partial charge in [-0.05, 0) is 17.7 Å². The number of hydrogen-bond acceptors (Lipinski definition) is 3. The molecule has 0 atom stereocenters. The van der Waals surface area contributed by atoms with E-state index >= 15 is 0 Å². The second kappa shape index (κ2) is 7.22. The molecular weight excluding hydrogens is 311 g/mol. The van der Waals surface area contributed by atoms with Gasteiger partial charge in [0.15, 0.2) is 11.6 Å². The van der Waals surface area contributed by atoms with Crippen LogP contribution in [0.2, 0.25) is 0 Å². The molecule has 0 aromatic heterocycles. The Morgan fingerprint density at radius 1 is 1.21 bits per heavy atom. The zero-order valence-corrected chi connectivity index (χ0v) is 12.8. The summed E-state index contributed by atoms with van der Waals surface area (Å²) in [5.74, 6) is 0.0313. The molecule has 0 saturated carbocycles. The van der Waals surface area contributed by atoms with E-state index in [0.717, 1.165) is 50.2 Å². The number of hydrogen-bond donors (Lipinski definition) is 0. The number of alkyl halides is 1. The fourth-order valence-electron chi connectivity index (χ4n) is 2.36. The molecule has 106 valence electrons. The summed E-state index contributed by atoms with van der Waals surface area (Å²) in [5.41, 5.74) is 1.01. The van der Waals surface area contributed by atoms with E-state index in [1.165, 1.54) is 7.11 Å². The molecule has 1 aliphatic heterocycles. The van der Waals surface area contributed by atoms with Gasteiger partial charge in [0, 0.05) is 44.6 Å². The molecule has 1 aromatic carbocycles. The minimum absolute atomic E-state index is 0.280. The maximum atomic E-state index is 13.6. The molecule has 2 rings (SSSR count). The lowest BCUT2D eigenvalue weighted by atomic mass is 10.2. The SMILES string of the molecule is COc1ccc(CN2CCN(CCBr)CC2)cc1F. The van der Waals surface area contributed by atoms with Crippen LogP contribution in [0.25, 0.3) is 0 Å². The van der Waals surface area contributed by atoms with Gasteiger partial charge in [-0.2, -0.15) is 0 Å². The monoisotopic (exact) mass is 330 g/mol. The highest BCUT2D eigenvalue weighted by atomic mass is 79.9. The highest BCUT2D eigenvalue weighted by molar-refractivity contribution is 9.09. The van der Waals surface area contributed by atoms with E-state index in [0.29, 0.717) is 5.75 Å². The van der Waals surface area contributed by atoms with Gasteiger partial charge in [0.2, 0.25) is 0 Å². The zero-order chi connectivity index (χ0) is 13.7. The lowest BCUT2D eigenvalue weighted by Crippen LogP contribution is -2.46. The molecule has 1 saturated heterocycles. The Kier molecular flexibility index (Phi) is 5.60. The van der Waals surface area contributed by atoms with Gasteiger partial charge in [0.1, 0.15) is 0 Å². The van der Waals surface area contributed by atoms with Crippen molar-refractivity contribution in [3.05, 3.63) is 29.6 Å². The molecule has 0 N–H and O–H groups in total. The zero-order valence-electron chi connectivity index (χ0n) is 11.2. The fraction of sp³-hybridized carbons (Fsp3) is 0.571.